The van der Waals surface area contributed by atoms with E-state index in [1.54, 1.807) is 12.1 Å². The number of imidazole rings is 1. The molecule has 1 aliphatic heterocycles. The van der Waals surface area contributed by atoms with E-state index in [9.17, 15) is 9.90 Å². The van der Waals surface area contributed by atoms with Gasteiger partial charge in [0.05, 0.1) is 5.56 Å². The fraction of sp³-hybridized carbons (Fsp3) is 0.364. The molecule has 1 aliphatic rings. The number of piperidine rings is 1. The van der Waals surface area contributed by atoms with E-state index < -0.39 is 0 Å². The molecule has 27 heavy (non-hydrogen) atoms. The molecule has 0 atom stereocenters. The number of amides is 1. The van der Waals surface area contributed by atoms with Gasteiger partial charge in [-0.05, 0) is 49.6 Å². The van der Waals surface area contributed by atoms with E-state index in [1.165, 1.54) is 0 Å². The van der Waals surface area contributed by atoms with Gasteiger partial charge in [-0.25, -0.2) is 4.98 Å². The number of nitrogens with zero attached hydrogens (tertiary/aromatic N) is 3. The molecule has 1 amide bonds. The lowest BCUT2D eigenvalue weighted by Crippen LogP contribution is -2.38. The lowest BCUT2D eigenvalue weighted by atomic mass is 9.95. The van der Waals surface area contributed by atoms with Crippen LogP contribution in [0.1, 0.15) is 54.8 Å². The van der Waals surface area contributed by atoms with Gasteiger partial charge in [0.15, 0.2) is 0 Å². The second kappa shape index (κ2) is 7.06. The molecule has 0 radical (unpaired) electrons. The number of phenols is 1. The van der Waals surface area contributed by atoms with Crippen LogP contribution in [0, 0.1) is 0 Å². The molecule has 2 aromatic carbocycles. The minimum absolute atomic E-state index is 0.0520. The molecule has 4 rings (SSSR count). The van der Waals surface area contributed by atoms with E-state index in [0.717, 1.165) is 29.4 Å². The molecule has 0 bridgehead atoms. The van der Waals surface area contributed by atoms with Gasteiger partial charge < -0.3 is 14.6 Å². The average molecular weight is 363 g/mol. The Morgan fingerprint density at radius 3 is 2.48 bits per heavy atom. The SMILES string of the molecule is CC(C)n1ccnc1C1CCN(C(=O)c2cc3ccccc3cc2O)CC1. The molecular weight excluding hydrogens is 338 g/mol. The second-order valence-corrected chi connectivity index (χ2v) is 7.57. The van der Waals surface area contributed by atoms with Gasteiger partial charge in [0.25, 0.3) is 5.91 Å². The van der Waals surface area contributed by atoms with E-state index in [-0.39, 0.29) is 11.7 Å². The Hall–Kier alpha value is -2.82. The average Bonchev–Trinajstić information content (AvgIpc) is 3.17. The molecule has 0 unspecified atom stereocenters. The van der Waals surface area contributed by atoms with Crippen LogP contribution in [-0.4, -0.2) is 38.6 Å². The van der Waals surface area contributed by atoms with Gasteiger partial charge in [0.1, 0.15) is 11.6 Å². The van der Waals surface area contributed by atoms with Gasteiger partial charge in [-0.3, -0.25) is 4.79 Å². The van der Waals surface area contributed by atoms with Crippen LogP contribution < -0.4 is 0 Å². The van der Waals surface area contributed by atoms with Gasteiger partial charge in [0, 0.05) is 37.4 Å². The first kappa shape index (κ1) is 17.6. The van der Waals surface area contributed by atoms with Crippen molar-refractivity contribution < 1.29 is 9.90 Å². The Balaban J connectivity index is 1.50. The number of aromatic nitrogens is 2. The van der Waals surface area contributed by atoms with Crippen LogP contribution in [0.5, 0.6) is 5.75 Å². The van der Waals surface area contributed by atoms with E-state index in [0.29, 0.717) is 30.6 Å². The minimum Gasteiger partial charge on any atom is -0.507 e. The van der Waals surface area contributed by atoms with Crippen molar-refractivity contribution in [3.63, 3.8) is 0 Å². The van der Waals surface area contributed by atoms with Crippen LogP contribution >= 0.6 is 0 Å². The molecule has 2 heterocycles. The van der Waals surface area contributed by atoms with Crippen LogP contribution in [0.15, 0.2) is 48.8 Å². The standard InChI is InChI=1S/C22H25N3O2/c1-15(2)25-12-9-23-21(25)16-7-10-24(11-8-16)22(27)19-13-17-5-3-4-6-18(17)14-20(19)26/h3-6,9,12-16,26H,7-8,10-11H2,1-2H3. The summed E-state index contributed by atoms with van der Waals surface area (Å²) in [4.78, 5) is 19.4. The van der Waals surface area contributed by atoms with Crippen molar-refractivity contribution in [2.45, 2.75) is 38.6 Å². The molecule has 5 heteroatoms. The molecule has 1 saturated heterocycles. The number of rotatable bonds is 3. The number of carbonyl (C=O) groups is 1. The Kier molecular flexibility index (Phi) is 4.60. The normalized spacial score (nSPS) is 15.6. The highest BCUT2D eigenvalue weighted by Gasteiger charge is 2.28. The largest absolute Gasteiger partial charge is 0.507 e. The van der Waals surface area contributed by atoms with Crippen molar-refractivity contribution in [1.29, 1.82) is 0 Å². The molecule has 0 aliphatic carbocycles. The topological polar surface area (TPSA) is 58.4 Å². The third-order valence-corrected chi connectivity index (χ3v) is 5.50. The third kappa shape index (κ3) is 3.29. The first-order valence-electron chi connectivity index (χ1n) is 9.58. The van der Waals surface area contributed by atoms with Crippen LogP contribution in [0.4, 0.5) is 0 Å². The fourth-order valence-electron chi connectivity index (χ4n) is 3.99. The van der Waals surface area contributed by atoms with Gasteiger partial charge in [-0.2, -0.15) is 0 Å². The Bertz CT molecular complexity index is 969. The fourth-order valence-corrected chi connectivity index (χ4v) is 3.99. The van der Waals surface area contributed by atoms with E-state index in [4.69, 9.17) is 0 Å². The van der Waals surface area contributed by atoms with Crippen molar-refractivity contribution in [3.8, 4) is 5.75 Å². The zero-order valence-corrected chi connectivity index (χ0v) is 15.8. The maximum absolute atomic E-state index is 13.0. The highest BCUT2D eigenvalue weighted by Crippen LogP contribution is 2.31. The molecule has 0 saturated carbocycles. The Morgan fingerprint density at radius 1 is 1.15 bits per heavy atom. The number of aromatic hydroxyl groups is 1. The van der Waals surface area contributed by atoms with E-state index in [2.05, 4.69) is 23.4 Å². The Morgan fingerprint density at radius 2 is 1.81 bits per heavy atom. The van der Waals surface area contributed by atoms with E-state index >= 15 is 0 Å². The van der Waals surface area contributed by atoms with Crippen molar-refractivity contribution in [1.82, 2.24) is 14.5 Å². The number of carbonyl (C=O) groups excluding carboxylic acids is 1. The van der Waals surface area contributed by atoms with Gasteiger partial charge >= 0.3 is 0 Å². The number of benzene rings is 2. The number of phenolic OH excluding ortho intramolecular Hbond substituents is 1. The quantitative estimate of drug-likeness (QED) is 0.753. The minimum atomic E-state index is -0.0936. The van der Waals surface area contributed by atoms with Crippen LogP contribution in [-0.2, 0) is 0 Å². The number of hydrogen-bond acceptors (Lipinski definition) is 3. The zero-order valence-electron chi connectivity index (χ0n) is 15.8. The lowest BCUT2D eigenvalue weighted by Gasteiger charge is -2.32. The first-order chi connectivity index (χ1) is 13.0. The molecule has 3 aromatic rings. The summed E-state index contributed by atoms with van der Waals surface area (Å²) in [6, 6.07) is 11.6. The maximum atomic E-state index is 13.0. The van der Waals surface area contributed by atoms with Crippen LogP contribution in [0.3, 0.4) is 0 Å². The number of fused-ring (bicyclic) bond motifs is 1. The highest BCUT2D eigenvalue weighted by molar-refractivity contribution is 6.01. The summed E-state index contributed by atoms with van der Waals surface area (Å²) in [6.45, 7) is 5.68. The summed E-state index contributed by atoms with van der Waals surface area (Å²) in [7, 11) is 0. The van der Waals surface area contributed by atoms with Gasteiger partial charge in [0.2, 0.25) is 0 Å². The van der Waals surface area contributed by atoms with Crippen molar-refractivity contribution in [2.24, 2.45) is 0 Å². The highest BCUT2D eigenvalue weighted by atomic mass is 16.3. The molecular formula is C22H25N3O2. The third-order valence-electron chi connectivity index (χ3n) is 5.50. The molecule has 140 valence electrons. The smallest absolute Gasteiger partial charge is 0.257 e. The predicted molar refractivity (Wildman–Crippen MR) is 106 cm³/mol. The van der Waals surface area contributed by atoms with Crippen molar-refractivity contribution in [3.05, 3.63) is 60.2 Å². The zero-order chi connectivity index (χ0) is 19.0. The summed E-state index contributed by atoms with van der Waals surface area (Å²) in [5.74, 6) is 1.45. The van der Waals surface area contributed by atoms with Crippen LogP contribution in [0.2, 0.25) is 0 Å². The first-order valence-corrected chi connectivity index (χ1v) is 9.58. The maximum Gasteiger partial charge on any atom is 0.257 e. The number of likely N-dealkylation sites (tertiary alicyclic amines) is 1. The summed E-state index contributed by atoms with van der Waals surface area (Å²) in [6.07, 6.45) is 5.68. The number of hydrogen-bond donors (Lipinski definition) is 1. The molecule has 1 N–H and O–H groups in total. The summed E-state index contributed by atoms with van der Waals surface area (Å²) in [5.41, 5.74) is 0.385. The Labute approximate surface area is 159 Å². The predicted octanol–water partition coefficient (Wildman–Crippen LogP) is 4.34. The summed E-state index contributed by atoms with van der Waals surface area (Å²) < 4.78 is 2.22. The van der Waals surface area contributed by atoms with Gasteiger partial charge in [-0.1, -0.05) is 24.3 Å². The summed E-state index contributed by atoms with van der Waals surface area (Å²) in [5, 5.41) is 12.2. The molecule has 1 fully saturated rings. The summed E-state index contributed by atoms with van der Waals surface area (Å²) >= 11 is 0. The van der Waals surface area contributed by atoms with Crippen molar-refractivity contribution >= 4 is 16.7 Å². The second-order valence-electron chi connectivity index (χ2n) is 7.57. The molecule has 1 aromatic heterocycles. The van der Waals surface area contributed by atoms with Crippen LogP contribution in [0.25, 0.3) is 10.8 Å². The van der Waals surface area contributed by atoms with E-state index in [1.807, 2.05) is 41.6 Å². The lowest BCUT2D eigenvalue weighted by molar-refractivity contribution is 0.0707. The van der Waals surface area contributed by atoms with Crippen molar-refractivity contribution in [2.75, 3.05) is 13.1 Å². The monoisotopic (exact) mass is 363 g/mol. The molecule has 5 nitrogen and oxygen atoms in total. The molecule has 0 spiro atoms. The van der Waals surface area contributed by atoms with Gasteiger partial charge in [-0.15, -0.1) is 0 Å².